The van der Waals surface area contributed by atoms with Gasteiger partial charge >= 0.3 is 0 Å². The van der Waals surface area contributed by atoms with Crippen LogP contribution in [0.15, 0.2) is 68.9 Å². The fraction of sp³-hybridized carbons (Fsp3) is 0.208. The van der Waals surface area contributed by atoms with Crippen molar-refractivity contribution in [1.82, 2.24) is 9.88 Å². The van der Waals surface area contributed by atoms with Gasteiger partial charge in [-0.2, -0.15) is 5.26 Å². The largest absolute Gasteiger partial charge is 0.348 e. The third-order valence-corrected chi connectivity index (χ3v) is 7.18. The molecule has 1 amide bonds. The van der Waals surface area contributed by atoms with E-state index < -0.39 is 16.7 Å². The summed E-state index contributed by atoms with van der Waals surface area (Å²) in [5.74, 6) is -0.473. The van der Waals surface area contributed by atoms with Crippen molar-refractivity contribution in [3.8, 4) is 6.07 Å². The van der Waals surface area contributed by atoms with Crippen LogP contribution in [0.3, 0.4) is 0 Å². The van der Waals surface area contributed by atoms with Crippen molar-refractivity contribution in [2.24, 2.45) is 0 Å². The minimum absolute atomic E-state index is 0.0363. The number of aromatic nitrogens is 1. The Bertz CT molecular complexity index is 1280. The second-order valence-electron chi connectivity index (χ2n) is 7.37. The average Bonchev–Trinajstić information content (AvgIpc) is 2.81. The molecule has 0 aliphatic rings. The minimum Gasteiger partial charge on any atom is -0.348 e. The van der Waals surface area contributed by atoms with Gasteiger partial charge in [0, 0.05) is 40.4 Å². The van der Waals surface area contributed by atoms with E-state index in [4.69, 9.17) is 5.26 Å². The number of nitrogens with one attached hydrogen (secondary N) is 1. The molecule has 8 heteroatoms. The first-order valence-corrected chi connectivity index (χ1v) is 12.2. The molecule has 0 aliphatic heterocycles. The number of carbonyl (C=O) groups is 1. The van der Waals surface area contributed by atoms with E-state index >= 15 is 0 Å². The third kappa shape index (κ3) is 5.06. The summed E-state index contributed by atoms with van der Waals surface area (Å²) in [4.78, 5) is 26.3. The van der Waals surface area contributed by atoms with Gasteiger partial charge in [-0.25, -0.2) is 0 Å². The molecule has 164 valence electrons. The maximum Gasteiger partial charge on any atom is 0.257 e. The van der Waals surface area contributed by atoms with E-state index in [-0.39, 0.29) is 23.6 Å². The minimum atomic E-state index is -1.07. The molecule has 1 heterocycles. The molecule has 2 aromatic carbocycles. The molecule has 0 spiro atoms. The summed E-state index contributed by atoms with van der Waals surface area (Å²) in [6, 6.07) is 16.3. The lowest BCUT2D eigenvalue weighted by Gasteiger charge is -2.21. The SMILES string of the molecule is Cc1c(Br)c(=O)c(C(=O)NCc2ccc(S(C)=O)cc2)cn1C(C)c1ccc(C#N)cc1. The van der Waals surface area contributed by atoms with Gasteiger partial charge in [0.05, 0.1) is 22.1 Å². The topological polar surface area (TPSA) is 92.0 Å². The van der Waals surface area contributed by atoms with Crippen LogP contribution >= 0.6 is 15.9 Å². The molecule has 2 atom stereocenters. The second kappa shape index (κ2) is 10.1. The van der Waals surface area contributed by atoms with Crippen LogP contribution in [0.5, 0.6) is 0 Å². The van der Waals surface area contributed by atoms with E-state index in [0.717, 1.165) is 11.1 Å². The van der Waals surface area contributed by atoms with Gasteiger partial charge in [-0.3, -0.25) is 13.8 Å². The van der Waals surface area contributed by atoms with Gasteiger partial charge in [-0.15, -0.1) is 0 Å². The quantitative estimate of drug-likeness (QED) is 0.539. The molecule has 0 saturated carbocycles. The molecule has 0 bridgehead atoms. The summed E-state index contributed by atoms with van der Waals surface area (Å²) < 4.78 is 13.7. The zero-order valence-corrected chi connectivity index (χ0v) is 20.3. The van der Waals surface area contributed by atoms with Gasteiger partial charge in [0.25, 0.3) is 5.91 Å². The molecule has 6 nitrogen and oxygen atoms in total. The Morgan fingerprint density at radius 1 is 1.19 bits per heavy atom. The highest BCUT2D eigenvalue weighted by Crippen LogP contribution is 2.23. The van der Waals surface area contributed by atoms with Crippen molar-refractivity contribution >= 4 is 32.6 Å². The number of amides is 1. The molecule has 0 fully saturated rings. The predicted molar refractivity (Wildman–Crippen MR) is 128 cm³/mol. The van der Waals surface area contributed by atoms with Gasteiger partial charge in [-0.1, -0.05) is 24.3 Å². The number of rotatable bonds is 6. The van der Waals surface area contributed by atoms with Crippen molar-refractivity contribution in [2.45, 2.75) is 31.3 Å². The summed E-state index contributed by atoms with van der Waals surface area (Å²) in [5.41, 5.74) is 2.71. The summed E-state index contributed by atoms with van der Waals surface area (Å²) in [7, 11) is -1.07. The van der Waals surface area contributed by atoms with Crippen LogP contribution in [0.25, 0.3) is 0 Å². The number of carbonyl (C=O) groups excluding carboxylic acids is 1. The molecule has 32 heavy (non-hydrogen) atoms. The molecule has 3 aromatic rings. The monoisotopic (exact) mass is 511 g/mol. The molecular weight excluding hydrogens is 490 g/mol. The second-order valence-corrected chi connectivity index (χ2v) is 9.54. The Kier molecular flexibility index (Phi) is 7.44. The van der Waals surface area contributed by atoms with Crippen molar-refractivity contribution in [3.63, 3.8) is 0 Å². The highest BCUT2D eigenvalue weighted by molar-refractivity contribution is 9.10. The molecular formula is C24H22BrN3O3S. The van der Waals surface area contributed by atoms with E-state index in [9.17, 15) is 13.8 Å². The van der Waals surface area contributed by atoms with E-state index in [1.807, 2.05) is 30.5 Å². The van der Waals surface area contributed by atoms with Crippen LogP contribution in [0.1, 0.15) is 45.7 Å². The predicted octanol–water partition coefficient (Wildman–Crippen LogP) is 4.07. The smallest absolute Gasteiger partial charge is 0.257 e. The highest BCUT2D eigenvalue weighted by Gasteiger charge is 2.19. The first kappa shape index (κ1) is 23.6. The Morgan fingerprint density at radius 3 is 2.38 bits per heavy atom. The maximum atomic E-state index is 12.8. The lowest BCUT2D eigenvalue weighted by molar-refractivity contribution is 0.0949. The van der Waals surface area contributed by atoms with Crippen LogP contribution in [0, 0.1) is 18.3 Å². The van der Waals surface area contributed by atoms with Gasteiger partial charge < -0.3 is 9.88 Å². The van der Waals surface area contributed by atoms with E-state index in [2.05, 4.69) is 27.3 Å². The molecule has 2 unspecified atom stereocenters. The summed E-state index contributed by atoms with van der Waals surface area (Å²) in [6.07, 6.45) is 3.18. The third-order valence-electron chi connectivity index (χ3n) is 5.31. The highest BCUT2D eigenvalue weighted by atomic mass is 79.9. The number of nitriles is 1. The molecule has 1 aromatic heterocycles. The Labute approximate surface area is 197 Å². The van der Waals surface area contributed by atoms with Crippen molar-refractivity contribution in [1.29, 1.82) is 5.26 Å². The Morgan fingerprint density at radius 2 is 1.81 bits per heavy atom. The van der Waals surface area contributed by atoms with Gasteiger partial charge in [-0.05, 0) is 65.2 Å². The van der Waals surface area contributed by atoms with Crippen molar-refractivity contribution in [3.05, 3.63) is 97.4 Å². The Hall–Kier alpha value is -3.02. The normalized spacial score (nSPS) is 12.6. The molecule has 0 saturated heterocycles. The zero-order chi connectivity index (χ0) is 23.4. The maximum absolute atomic E-state index is 12.8. The van der Waals surface area contributed by atoms with Crippen LogP contribution < -0.4 is 10.7 Å². The lowest BCUT2D eigenvalue weighted by Crippen LogP contribution is -2.31. The van der Waals surface area contributed by atoms with E-state index in [1.165, 1.54) is 0 Å². The Balaban J connectivity index is 1.86. The standard InChI is InChI=1S/C24H22BrN3O3S/c1-15(19-8-4-17(12-26)5-9-19)28-14-21(23(29)22(25)16(28)2)24(30)27-13-18-6-10-20(11-7-18)32(3)31/h4-11,14-15H,13H2,1-3H3,(H,27,30). The van der Waals surface area contributed by atoms with E-state index in [1.54, 1.807) is 48.9 Å². The molecule has 0 radical (unpaired) electrons. The first-order valence-electron chi connectivity index (χ1n) is 9.84. The summed E-state index contributed by atoms with van der Waals surface area (Å²) >= 11 is 3.35. The van der Waals surface area contributed by atoms with Gasteiger partial charge in [0.2, 0.25) is 5.43 Å². The molecule has 0 aliphatic carbocycles. The molecule has 1 N–H and O–H groups in total. The average molecular weight is 512 g/mol. The fourth-order valence-electron chi connectivity index (χ4n) is 3.33. The number of hydrogen-bond donors (Lipinski definition) is 1. The van der Waals surface area contributed by atoms with Crippen LogP contribution in [-0.4, -0.2) is 20.9 Å². The molecule has 3 rings (SSSR count). The van der Waals surface area contributed by atoms with E-state index in [0.29, 0.717) is 20.6 Å². The van der Waals surface area contributed by atoms with Crippen molar-refractivity contribution < 1.29 is 9.00 Å². The number of nitrogens with zero attached hydrogens (tertiary/aromatic N) is 2. The van der Waals surface area contributed by atoms with Crippen LogP contribution in [0.2, 0.25) is 0 Å². The zero-order valence-electron chi connectivity index (χ0n) is 17.9. The number of halogens is 1. The summed E-state index contributed by atoms with van der Waals surface area (Å²) in [5, 5.41) is 11.8. The number of hydrogen-bond acceptors (Lipinski definition) is 4. The first-order chi connectivity index (χ1) is 15.2. The van der Waals surface area contributed by atoms with Gasteiger partial charge in [0.1, 0.15) is 5.56 Å². The number of benzene rings is 2. The summed E-state index contributed by atoms with van der Waals surface area (Å²) in [6.45, 7) is 4.02. The number of pyridine rings is 1. The van der Waals surface area contributed by atoms with Crippen LogP contribution in [-0.2, 0) is 17.3 Å². The fourth-order valence-corrected chi connectivity index (χ4v) is 4.27. The van der Waals surface area contributed by atoms with Crippen molar-refractivity contribution in [2.75, 3.05) is 6.26 Å². The lowest BCUT2D eigenvalue weighted by atomic mass is 10.1. The van der Waals surface area contributed by atoms with Gasteiger partial charge in [0.15, 0.2) is 0 Å². The van der Waals surface area contributed by atoms with Crippen LogP contribution in [0.4, 0.5) is 0 Å².